The molecule has 0 saturated heterocycles. The van der Waals surface area contributed by atoms with E-state index in [-0.39, 0.29) is 17.4 Å². The summed E-state index contributed by atoms with van der Waals surface area (Å²) in [5, 5.41) is 14.2. The SMILES string of the molecule is COc1ncnc(NCC(C)SC)c1[N+](=O)[O-]. The lowest BCUT2D eigenvalue weighted by Gasteiger charge is -2.10. The van der Waals surface area contributed by atoms with Crippen molar-refractivity contribution in [3.63, 3.8) is 0 Å². The number of anilines is 1. The second kappa shape index (κ2) is 6.24. The maximum absolute atomic E-state index is 10.9. The monoisotopic (exact) mass is 258 g/mol. The Labute approximate surface area is 103 Å². The van der Waals surface area contributed by atoms with Crippen LogP contribution in [-0.2, 0) is 0 Å². The molecule has 0 bridgehead atoms. The van der Waals surface area contributed by atoms with E-state index in [1.165, 1.54) is 13.4 Å². The third-order valence-corrected chi connectivity index (χ3v) is 3.10. The largest absolute Gasteiger partial charge is 0.476 e. The molecule has 0 fully saturated rings. The molecule has 0 radical (unpaired) electrons. The average Bonchev–Trinajstić information content (AvgIpc) is 2.34. The van der Waals surface area contributed by atoms with Crippen molar-refractivity contribution in [2.45, 2.75) is 12.2 Å². The van der Waals surface area contributed by atoms with Crippen LogP contribution in [0.4, 0.5) is 11.5 Å². The van der Waals surface area contributed by atoms with Gasteiger partial charge in [-0.15, -0.1) is 0 Å². The van der Waals surface area contributed by atoms with E-state index in [2.05, 4.69) is 15.3 Å². The quantitative estimate of drug-likeness (QED) is 0.611. The Morgan fingerprint density at radius 3 is 2.88 bits per heavy atom. The van der Waals surface area contributed by atoms with E-state index in [1.807, 2.05) is 13.2 Å². The van der Waals surface area contributed by atoms with Crippen LogP contribution in [0.15, 0.2) is 6.33 Å². The van der Waals surface area contributed by atoms with Gasteiger partial charge in [0.25, 0.3) is 5.88 Å². The minimum Gasteiger partial charge on any atom is -0.476 e. The molecular weight excluding hydrogens is 244 g/mol. The Morgan fingerprint density at radius 2 is 2.35 bits per heavy atom. The minimum atomic E-state index is -0.551. The van der Waals surface area contributed by atoms with Crippen LogP contribution >= 0.6 is 11.8 Å². The molecular formula is C9H14N4O3S. The zero-order chi connectivity index (χ0) is 12.8. The fraction of sp³-hybridized carbons (Fsp3) is 0.556. The minimum absolute atomic E-state index is 0.0377. The normalized spacial score (nSPS) is 11.9. The van der Waals surface area contributed by atoms with Gasteiger partial charge < -0.3 is 10.1 Å². The molecule has 0 aliphatic heterocycles. The molecule has 0 aromatic carbocycles. The van der Waals surface area contributed by atoms with Gasteiger partial charge >= 0.3 is 5.69 Å². The highest BCUT2D eigenvalue weighted by atomic mass is 32.2. The number of methoxy groups -OCH3 is 1. The Kier molecular flexibility index (Phi) is 4.95. The number of aromatic nitrogens is 2. The predicted molar refractivity (Wildman–Crippen MR) is 66.7 cm³/mol. The first-order chi connectivity index (χ1) is 8.10. The summed E-state index contributed by atoms with van der Waals surface area (Å²) in [7, 11) is 1.34. The van der Waals surface area contributed by atoms with Gasteiger partial charge in [0.15, 0.2) is 0 Å². The molecule has 94 valence electrons. The number of hydrogen-bond acceptors (Lipinski definition) is 7. The van der Waals surface area contributed by atoms with Crippen LogP contribution in [0, 0.1) is 10.1 Å². The van der Waals surface area contributed by atoms with Gasteiger partial charge in [0.2, 0.25) is 5.82 Å². The molecule has 1 heterocycles. The Hall–Kier alpha value is -1.57. The van der Waals surface area contributed by atoms with Crippen molar-refractivity contribution in [3.8, 4) is 5.88 Å². The fourth-order valence-corrected chi connectivity index (χ4v) is 1.38. The number of ether oxygens (including phenoxy) is 1. The van der Waals surface area contributed by atoms with Gasteiger partial charge in [0.05, 0.1) is 12.0 Å². The summed E-state index contributed by atoms with van der Waals surface area (Å²) in [5.41, 5.74) is -0.233. The third kappa shape index (κ3) is 3.45. The number of thioether (sulfide) groups is 1. The van der Waals surface area contributed by atoms with Crippen LogP contribution in [-0.4, -0.2) is 40.1 Å². The summed E-state index contributed by atoms with van der Waals surface area (Å²) in [6.07, 6.45) is 3.21. The van der Waals surface area contributed by atoms with Crippen LogP contribution in [0.2, 0.25) is 0 Å². The van der Waals surface area contributed by atoms with Crippen molar-refractivity contribution in [1.29, 1.82) is 0 Å². The van der Waals surface area contributed by atoms with Gasteiger partial charge in [-0.2, -0.15) is 16.7 Å². The van der Waals surface area contributed by atoms with Crippen LogP contribution in [0.25, 0.3) is 0 Å². The summed E-state index contributed by atoms with van der Waals surface area (Å²) in [4.78, 5) is 17.9. The molecule has 1 rings (SSSR count). The number of rotatable bonds is 6. The van der Waals surface area contributed by atoms with Crippen molar-refractivity contribution >= 4 is 23.3 Å². The van der Waals surface area contributed by atoms with Crippen molar-refractivity contribution in [3.05, 3.63) is 16.4 Å². The lowest BCUT2D eigenvalue weighted by molar-refractivity contribution is -0.385. The fourth-order valence-electron chi connectivity index (χ4n) is 1.13. The molecule has 8 heteroatoms. The lowest BCUT2D eigenvalue weighted by Crippen LogP contribution is -2.15. The van der Waals surface area contributed by atoms with E-state index >= 15 is 0 Å². The summed E-state index contributed by atoms with van der Waals surface area (Å²) < 4.78 is 4.84. The van der Waals surface area contributed by atoms with Crippen LogP contribution in [0.1, 0.15) is 6.92 Å². The number of nitrogens with zero attached hydrogens (tertiary/aromatic N) is 3. The van der Waals surface area contributed by atoms with Crippen molar-refractivity contribution in [2.75, 3.05) is 25.2 Å². The van der Waals surface area contributed by atoms with Crippen LogP contribution in [0.3, 0.4) is 0 Å². The molecule has 1 unspecified atom stereocenters. The van der Waals surface area contributed by atoms with Crippen molar-refractivity contribution < 1.29 is 9.66 Å². The second-order valence-electron chi connectivity index (χ2n) is 3.26. The zero-order valence-electron chi connectivity index (χ0n) is 9.84. The molecule has 1 aromatic rings. The van der Waals surface area contributed by atoms with Gasteiger partial charge in [-0.3, -0.25) is 10.1 Å². The topological polar surface area (TPSA) is 90.2 Å². The smallest absolute Gasteiger partial charge is 0.372 e. The van der Waals surface area contributed by atoms with Gasteiger partial charge in [-0.1, -0.05) is 6.92 Å². The summed E-state index contributed by atoms with van der Waals surface area (Å²) in [5.74, 6) is 0.145. The first-order valence-electron chi connectivity index (χ1n) is 4.90. The zero-order valence-corrected chi connectivity index (χ0v) is 10.7. The lowest BCUT2D eigenvalue weighted by atomic mass is 10.4. The van der Waals surface area contributed by atoms with E-state index in [1.54, 1.807) is 11.8 Å². The maximum Gasteiger partial charge on any atom is 0.372 e. The standard InChI is InChI=1S/C9H14N4O3S/c1-6(17-3)4-10-8-7(13(14)15)9(16-2)12-5-11-8/h5-6H,4H2,1-3H3,(H,10,11,12). The van der Waals surface area contributed by atoms with Gasteiger partial charge in [-0.05, 0) is 6.26 Å². The van der Waals surface area contributed by atoms with E-state index in [0.717, 1.165) is 0 Å². The highest BCUT2D eigenvalue weighted by Crippen LogP contribution is 2.30. The molecule has 0 aliphatic rings. The molecule has 0 spiro atoms. The van der Waals surface area contributed by atoms with Crippen LogP contribution < -0.4 is 10.1 Å². The summed E-state index contributed by atoms with van der Waals surface area (Å²) in [6, 6.07) is 0. The number of nitrogens with one attached hydrogen (secondary N) is 1. The highest BCUT2D eigenvalue weighted by molar-refractivity contribution is 7.99. The molecule has 7 nitrogen and oxygen atoms in total. The van der Waals surface area contributed by atoms with E-state index in [9.17, 15) is 10.1 Å². The van der Waals surface area contributed by atoms with Gasteiger partial charge in [0, 0.05) is 11.8 Å². The van der Waals surface area contributed by atoms with E-state index in [0.29, 0.717) is 11.8 Å². The Balaban J connectivity index is 2.94. The molecule has 0 saturated carbocycles. The van der Waals surface area contributed by atoms with E-state index in [4.69, 9.17) is 4.74 Å². The van der Waals surface area contributed by atoms with Gasteiger partial charge in [0.1, 0.15) is 6.33 Å². The number of hydrogen-bond donors (Lipinski definition) is 1. The molecule has 0 aliphatic carbocycles. The second-order valence-corrected chi connectivity index (χ2v) is 4.54. The highest BCUT2D eigenvalue weighted by Gasteiger charge is 2.23. The van der Waals surface area contributed by atoms with Crippen molar-refractivity contribution in [1.82, 2.24) is 9.97 Å². The third-order valence-electron chi connectivity index (χ3n) is 2.12. The molecule has 0 amide bonds. The first kappa shape index (κ1) is 13.5. The molecule has 1 atom stereocenters. The van der Waals surface area contributed by atoms with E-state index < -0.39 is 4.92 Å². The van der Waals surface area contributed by atoms with Crippen LogP contribution in [0.5, 0.6) is 5.88 Å². The summed E-state index contributed by atoms with van der Waals surface area (Å²) >= 11 is 1.66. The predicted octanol–water partition coefficient (Wildman–Crippen LogP) is 1.56. The van der Waals surface area contributed by atoms with Crippen molar-refractivity contribution in [2.24, 2.45) is 0 Å². The molecule has 17 heavy (non-hydrogen) atoms. The Bertz CT molecular complexity index is 402. The molecule has 1 N–H and O–H groups in total. The molecule has 1 aromatic heterocycles. The van der Waals surface area contributed by atoms with Gasteiger partial charge in [-0.25, -0.2) is 4.98 Å². The average molecular weight is 258 g/mol. The number of nitro groups is 1. The summed E-state index contributed by atoms with van der Waals surface area (Å²) in [6.45, 7) is 2.60. The maximum atomic E-state index is 10.9. The first-order valence-corrected chi connectivity index (χ1v) is 6.19. The Morgan fingerprint density at radius 1 is 1.65 bits per heavy atom.